The SMILES string of the molecule is Cc1cn(C)c(=O)c2ccc(-c3ccc(N(c4ccccc4)c4ccccc4)cc3)cc12. The summed E-state index contributed by atoms with van der Waals surface area (Å²) in [7, 11) is 1.80. The van der Waals surface area contributed by atoms with Crippen molar-refractivity contribution in [1.82, 2.24) is 4.57 Å². The first-order valence-corrected chi connectivity index (χ1v) is 10.7. The predicted molar refractivity (Wildman–Crippen MR) is 134 cm³/mol. The third-order valence-corrected chi connectivity index (χ3v) is 5.87. The van der Waals surface area contributed by atoms with Crippen LogP contribution >= 0.6 is 0 Å². The van der Waals surface area contributed by atoms with E-state index in [-0.39, 0.29) is 5.56 Å². The molecule has 0 spiro atoms. The number of aryl methyl sites for hydroxylation is 2. The number of pyridine rings is 1. The highest BCUT2D eigenvalue weighted by atomic mass is 16.1. The molecule has 5 rings (SSSR count). The smallest absolute Gasteiger partial charge is 0.258 e. The van der Waals surface area contributed by atoms with Gasteiger partial charge in [0.2, 0.25) is 0 Å². The largest absolute Gasteiger partial charge is 0.318 e. The Hall–Kier alpha value is -4.11. The van der Waals surface area contributed by atoms with Crippen LogP contribution in [-0.4, -0.2) is 4.57 Å². The molecule has 156 valence electrons. The second-order valence-electron chi connectivity index (χ2n) is 8.04. The summed E-state index contributed by atoms with van der Waals surface area (Å²) in [6.07, 6.45) is 1.90. The molecule has 1 aromatic heterocycles. The van der Waals surface area contributed by atoms with Gasteiger partial charge in [-0.3, -0.25) is 4.79 Å². The minimum Gasteiger partial charge on any atom is -0.318 e. The van der Waals surface area contributed by atoms with Gasteiger partial charge in [-0.25, -0.2) is 0 Å². The fraction of sp³-hybridized carbons (Fsp3) is 0.0690. The minimum absolute atomic E-state index is 0.0360. The van der Waals surface area contributed by atoms with E-state index >= 15 is 0 Å². The number of hydrogen-bond acceptors (Lipinski definition) is 2. The van der Waals surface area contributed by atoms with Crippen molar-refractivity contribution in [1.29, 1.82) is 0 Å². The van der Waals surface area contributed by atoms with Crippen LogP contribution < -0.4 is 10.5 Å². The zero-order chi connectivity index (χ0) is 22.1. The molecule has 0 aliphatic heterocycles. The molecule has 0 radical (unpaired) electrons. The minimum atomic E-state index is 0.0360. The van der Waals surface area contributed by atoms with E-state index in [2.05, 4.69) is 83.8 Å². The lowest BCUT2D eigenvalue weighted by Gasteiger charge is -2.25. The zero-order valence-corrected chi connectivity index (χ0v) is 18.2. The van der Waals surface area contributed by atoms with Gasteiger partial charge in [0.25, 0.3) is 5.56 Å². The van der Waals surface area contributed by atoms with Crippen LogP contribution in [0.1, 0.15) is 5.56 Å². The van der Waals surface area contributed by atoms with Crippen LogP contribution in [0.3, 0.4) is 0 Å². The maximum absolute atomic E-state index is 12.5. The van der Waals surface area contributed by atoms with Gasteiger partial charge in [-0.1, -0.05) is 54.6 Å². The lowest BCUT2D eigenvalue weighted by atomic mass is 9.99. The van der Waals surface area contributed by atoms with E-state index in [9.17, 15) is 4.79 Å². The van der Waals surface area contributed by atoms with Gasteiger partial charge in [0.05, 0.1) is 0 Å². The number of hydrogen-bond donors (Lipinski definition) is 0. The first-order chi connectivity index (χ1) is 15.6. The third kappa shape index (κ3) is 3.58. The average Bonchev–Trinajstić information content (AvgIpc) is 2.84. The summed E-state index contributed by atoms with van der Waals surface area (Å²) in [5.41, 5.74) is 6.68. The number of rotatable bonds is 4. The van der Waals surface area contributed by atoms with Gasteiger partial charge >= 0.3 is 0 Å². The number of anilines is 3. The van der Waals surface area contributed by atoms with E-state index in [1.807, 2.05) is 37.4 Å². The lowest BCUT2D eigenvalue weighted by Crippen LogP contribution is -2.16. The van der Waals surface area contributed by atoms with Gasteiger partial charge in [-0.15, -0.1) is 0 Å². The molecule has 0 aliphatic rings. The van der Waals surface area contributed by atoms with Crippen molar-refractivity contribution in [3.8, 4) is 11.1 Å². The van der Waals surface area contributed by atoms with Crippen molar-refractivity contribution in [2.75, 3.05) is 4.90 Å². The molecule has 0 atom stereocenters. The highest BCUT2D eigenvalue weighted by molar-refractivity contribution is 5.89. The summed E-state index contributed by atoms with van der Waals surface area (Å²) in [6, 6.07) is 35.4. The molecule has 4 aromatic carbocycles. The Morgan fingerprint density at radius 1 is 0.625 bits per heavy atom. The molecular formula is C29H24N2O. The Kier molecular flexibility index (Phi) is 5.08. The molecule has 0 aliphatic carbocycles. The number of benzene rings is 4. The molecule has 1 heterocycles. The quantitative estimate of drug-likeness (QED) is 0.316. The normalized spacial score (nSPS) is 10.9. The summed E-state index contributed by atoms with van der Waals surface area (Å²) in [5, 5.41) is 1.76. The van der Waals surface area contributed by atoms with Crippen LogP contribution in [0.25, 0.3) is 21.9 Å². The molecule has 32 heavy (non-hydrogen) atoms. The number of nitrogens with zero attached hydrogens (tertiary/aromatic N) is 2. The summed E-state index contributed by atoms with van der Waals surface area (Å²) in [5.74, 6) is 0. The Bertz CT molecular complexity index is 1400. The third-order valence-electron chi connectivity index (χ3n) is 5.87. The monoisotopic (exact) mass is 416 g/mol. The highest BCUT2D eigenvalue weighted by Crippen LogP contribution is 2.35. The van der Waals surface area contributed by atoms with Gasteiger partial charge in [0.15, 0.2) is 0 Å². The molecular weight excluding hydrogens is 392 g/mol. The Labute approximate surface area is 187 Å². The fourth-order valence-corrected chi connectivity index (χ4v) is 4.25. The second kappa shape index (κ2) is 8.20. The van der Waals surface area contributed by atoms with Crippen molar-refractivity contribution in [3.05, 3.63) is 125 Å². The number of aromatic nitrogens is 1. The summed E-state index contributed by atoms with van der Waals surface area (Å²) >= 11 is 0. The van der Waals surface area contributed by atoms with E-state index in [1.54, 1.807) is 11.6 Å². The van der Waals surface area contributed by atoms with Crippen LogP contribution in [0.5, 0.6) is 0 Å². The summed E-state index contributed by atoms with van der Waals surface area (Å²) in [6.45, 7) is 2.05. The highest BCUT2D eigenvalue weighted by Gasteiger charge is 2.12. The molecule has 0 amide bonds. The number of para-hydroxylation sites is 2. The fourth-order valence-electron chi connectivity index (χ4n) is 4.25. The Morgan fingerprint density at radius 3 is 1.75 bits per heavy atom. The molecule has 0 saturated carbocycles. The zero-order valence-electron chi connectivity index (χ0n) is 18.2. The molecule has 0 saturated heterocycles. The molecule has 0 bridgehead atoms. The van der Waals surface area contributed by atoms with Crippen molar-refractivity contribution < 1.29 is 0 Å². The van der Waals surface area contributed by atoms with E-state index < -0.39 is 0 Å². The first kappa shape index (κ1) is 19.8. The van der Waals surface area contributed by atoms with Crippen LogP contribution in [0.2, 0.25) is 0 Å². The number of fused-ring (bicyclic) bond motifs is 1. The van der Waals surface area contributed by atoms with Crippen LogP contribution in [0.4, 0.5) is 17.1 Å². The summed E-state index contributed by atoms with van der Waals surface area (Å²) in [4.78, 5) is 14.7. The van der Waals surface area contributed by atoms with Crippen molar-refractivity contribution in [2.45, 2.75) is 6.92 Å². The van der Waals surface area contributed by atoms with Crippen molar-refractivity contribution >= 4 is 27.8 Å². The van der Waals surface area contributed by atoms with Crippen LogP contribution in [0, 0.1) is 6.92 Å². The topological polar surface area (TPSA) is 25.2 Å². The Morgan fingerprint density at radius 2 is 1.16 bits per heavy atom. The standard InChI is InChI=1S/C29H24N2O/c1-21-20-30(2)29(32)27-18-15-23(19-28(21)27)22-13-16-26(17-14-22)31(24-9-5-3-6-10-24)25-11-7-4-8-12-25/h3-20H,1-2H3. The second-order valence-corrected chi connectivity index (χ2v) is 8.04. The van der Waals surface area contributed by atoms with Gasteiger partial charge in [0, 0.05) is 35.7 Å². The molecule has 3 nitrogen and oxygen atoms in total. The first-order valence-electron chi connectivity index (χ1n) is 10.7. The van der Waals surface area contributed by atoms with Gasteiger partial charge < -0.3 is 9.47 Å². The molecule has 3 heteroatoms. The lowest BCUT2D eigenvalue weighted by molar-refractivity contribution is 0.866. The van der Waals surface area contributed by atoms with E-state index in [0.717, 1.165) is 44.5 Å². The van der Waals surface area contributed by atoms with E-state index in [1.165, 1.54) is 0 Å². The predicted octanol–water partition coefficient (Wildman–Crippen LogP) is 6.98. The average molecular weight is 417 g/mol. The maximum atomic E-state index is 12.5. The summed E-state index contributed by atoms with van der Waals surface area (Å²) < 4.78 is 1.65. The maximum Gasteiger partial charge on any atom is 0.258 e. The molecule has 0 unspecified atom stereocenters. The van der Waals surface area contributed by atoms with E-state index in [4.69, 9.17) is 0 Å². The van der Waals surface area contributed by atoms with E-state index in [0.29, 0.717) is 0 Å². The Balaban J connectivity index is 1.56. The van der Waals surface area contributed by atoms with Crippen LogP contribution in [0.15, 0.2) is 114 Å². The molecule has 0 N–H and O–H groups in total. The van der Waals surface area contributed by atoms with Gasteiger partial charge in [-0.05, 0) is 77.5 Å². The van der Waals surface area contributed by atoms with Crippen molar-refractivity contribution in [3.63, 3.8) is 0 Å². The molecule has 5 aromatic rings. The van der Waals surface area contributed by atoms with Gasteiger partial charge in [0.1, 0.15) is 0 Å². The molecule has 0 fully saturated rings. The van der Waals surface area contributed by atoms with Crippen molar-refractivity contribution in [2.24, 2.45) is 7.05 Å². The van der Waals surface area contributed by atoms with Crippen LogP contribution in [-0.2, 0) is 7.05 Å². The van der Waals surface area contributed by atoms with Gasteiger partial charge in [-0.2, -0.15) is 0 Å².